The monoisotopic (exact) mass is 351 g/mol. The molecule has 0 spiro atoms. The first-order valence-corrected chi connectivity index (χ1v) is 4.67. The van der Waals surface area contributed by atoms with Crippen molar-refractivity contribution < 1.29 is 13.2 Å². The van der Waals surface area contributed by atoms with Crippen molar-refractivity contribution in [2.75, 3.05) is 0 Å². The van der Waals surface area contributed by atoms with E-state index in [1.165, 1.54) is 6.07 Å². The summed E-state index contributed by atoms with van der Waals surface area (Å²) in [5.41, 5.74) is -0.880. The zero-order valence-electron chi connectivity index (χ0n) is 5.49. The summed E-state index contributed by atoms with van der Waals surface area (Å²) in [6.45, 7) is 0. The van der Waals surface area contributed by atoms with Crippen molar-refractivity contribution in [3.8, 4) is 0 Å². The first-order chi connectivity index (χ1) is 5.41. The van der Waals surface area contributed by atoms with E-state index in [2.05, 4.69) is 20.9 Å². The summed E-state index contributed by atoms with van der Waals surface area (Å²) in [7, 11) is 0. The Labute approximate surface area is 88.6 Å². The van der Waals surface area contributed by atoms with Gasteiger partial charge in [-0.15, -0.1) is 0 Å². The van der Waals surface area contributed by atoms with E-state index >= 15 is 0 Å². The van der Waals surface area contributed by atoms with Gasteiger partial charge in [-0.3, -0.25) is 0 Å². The van der Waals surface area contributed by atoms with E-state index in [4.69, 9.17) is 0 Å². The minimum absolute atomic E-state index is 0.220. The molecule has 66 valence electrons. The summed E-state index contributed by atoms with van der Waals surface area (Å²) in [6.07, 6.45) is -4.37. The molecule has 0 amide bonds. The molecule has 0 bridgehead atoms. The van der Waals surface area contributed by atoms with Crippen molar-refractivity contribution in [2.45, 2.75) is 6.18 Å². The third-order valence-electron chi connectivity index (χ3n) is 1.09. The van der Waals surface area contributed by atoms with Crippen LogP contribution in [0, 0.1) is 3.57 Å². The Balaban J connectivity index is 3.14. The van der Waals surface area contributed by atoms with E-state index in [0.717, 1.165) is 6.07 Å². The van der Waals surface area contributed by atoms with Crippen molar-refractivity contribution in [3.63, 3.8) is 0 Å². The van der Waals surface area contributed by atoms with Gasteiger partial charge >= 0.3 is 6.18 Å². The lowest BCUT2D eigenvalue weighted by Gasteiger charge is -2.05. The highest BCUT2D eigenvalue weighted by Crippen LogP contribution is 2.29. The van der Waals surface area contributed by atoms with Gasteiger partial charge in [-0.05, 0) is 50.7 Å². The highest BCUT2D eigenvalue weighted by molar-refractivity contribution is 14.1. The Kier molecular flexibility index (Phi) is 2.97. The average Bonchev–Trinajstić information content (AvgIpc) is 1.92. The van der Waals surface area contributed by atoms with E-state index in [0.29, 0.717) is 3.57 Å². The molecule has 0 saturated heterocycles. The number of aromatic nitrogens is 1. The van der Waals surface area contributed by atoms with Crippen LogP contribution in [0.2, 0.25) is 0 Å². The van der Waals surface area contributed by atoms with Gasteiger partial charge in [-0.25, -0.2) is 4.98 Å². The number of rotatable bonds is 0. The predicted octanol–water partition coefficient (Wildman–Crippen LogP) is 3.47. The maximum Gasteiger partial charge on any atom is 0.433 e. The van der Waals surface area contributed by atoms with Gasteiger partial charge in [-0.1, -0.05) is 0 Å². The molecule has 1 heterocycles. The number of hydrogen-bond acceptors (Lipinski definition) is 1. The minimum Gasteiger partial charge on any atom is -0.235 e. The second-order valence-corrected chi connectivity index (χ2v) is 3.88. The molecule has 0 atom stereocenters. The number of pyridine rings is 1. The molecule has 1 rings (SSSR count). The van der Waals surface area contributed by atoms with Crippen LogP contribution in [0.4, 0.5) is 13.2 Å². The lowest BCUT2D eigenvalue weighted by atomic mass is 10.3. The molecule has 1 aromatic rings. The molecule has 0 N–H and O–H groups in total. The van der Waals surface area contributed by atoms with Crippen LogP contribution in [0.25, 0.3) is 0 Å². The van der Waals surface area contributed by atoms with Crippen LogP contribution in [0.5, 0.6) is 0 Å². The summed E-state index contributed by atoms with van der Waals surface area (Å²) in [5, 5.41) is 0. The fourth-order valence-electron chi connectivity index (χ4n) is 0.575. The predicted molar refractivity (Wildman–Crippen MR) is 49.7 cm³/mol. The molecule has 0 fully saturated rings. The maximum atomic E-state index is 12.0. The summed E-state index contributed by atoms with van der Waals surface area (Å²) >= 11 is 4.81. The van der Waals surface area contributed by atoms with Gasteiger partial charge in [0.1, 0.15) is 10.3 Å². The van der Waals surface area contributed by atoms with Crippen LogP contribution >= 0.6 is 38.5 Å². The number of nitrogens with zero attached hydrogens (tertiary/aromatic N) is 1. The highest BCUT2D eigenvalue weighted by atomic mass is 127. The van der Waals surface area contributed by atoms with Crippen molar-refractivity contribution in [1.29, 1.82) is 0 Å². The van der Waals surface area contributed by atoms with E-state index in [9.17, 15) is 13.2 Å². The Bertz CT molecular complexity index is 299. The topological polar surface area (TPSA) is 12.9 Å². The van der Waals surface area contributed by atoms with Crippen LogP contribution in [-0.2, 0) is 6.18 Å². The SMILES string of the molecule is FC(F)(F)c1ccc(I)c(Br)n1. The molecule has 0 aliphatic carbocycles. The Morgan fingerprint density at radius 2 is 1.92 bits per heavy atom. The minimum atomic E-state index is -4.37. The molecule has 1 aromatic heterocycles. The maximum absolute atomic E-state index is 12.0. The zero-order chi connectivity index (χ0) is 9.35. The Hall–Kier alpha value is 0.150. The van der Waals surface area contributed by atoms with Gasteiger partial charge in [0.2, 0.25) is 0 Å². The number of alkyl halides is 3. The summed E-state index contributed by atoms with van der Waals surface area (Å²) in [5.74, 6) is 0. The summed E-state index contributed by atoms with van der Waals surface area (Å²) in [4.78, 5) is 3.33. The van der Waals surface area contributed by atoms with Gasteiger partial charge in [0.25, 0.3) is 0 Å². The Morgan fingerprint density at radius 1 is 1.33 bits per heavy atom. The second-order valence-electron chi connectivity index (χ2n) is 1.97. The standard InChI is InChI=1S/C6H2BrF3IN/c7-5-3(11)1-2-4(12-5)6(8,9)10/h1-2H. The van der Waals surface area contributed by atoms with Gasteiger partial charge in [0, 0.05) is 3.57 Å². The van der Waals surface area contributed by atoms with Crippen LogP contribution in [0.15, 0.2) is 16.7 Å². The summed E-state index contributed by atoms with van der Waals surface area (Å²) < 4.78 is 36.9. The van der Waals surface area contributed by atoms with Crippen molar-refractivity contribution >= 4 is 38.5 Å². The third kappa shape index (κ3) is 2.32. The fraction of sp³-hybridized carbons (Fsp3) is 0.167. The first kappa shape index (κ1) is 10.2. The van der Waals surface area contributed by atoms with Crippen molar-refractivity contribution in [1.82, 2.24) is 4.98 Å². The molecule has 1 nitrogen and oxygen atoms in total. The third-order valence-corrected chi connectivity index (χ3v) is 3.31. The number of halogens is 5. The van der Waals surface area contributed by atoms with Gasteiger partial charge < -0.3 is 0 Å². The number of hydrogen-bond donors (Lipinski definition) is 0. The smallest absolute Gasteiger partial charge is 0.235 e. The quantitative estimate of drug-likeness (QED) is 0.515. The molecule has 12 heavy (non-hydrogen) atoms. The molecule has 0 aliphatic heterocycles. The summed E-state index contributed by atoms with van der Waals surface area (Å²) in [6, 6.07) is 2.31. The second kappa shape index (κ2) is 3.49. The molecular weight excluding hydrogens is 350 g/mol. The lowest BCUT2D eigenvalue weighted by molar-refractivity contribution is -0.141. The zero-order valence-corrected chi connectivity index (χ0v) is 9.24. The average molecular weight is 352 g/mol. The molecule has 6 heteroatoms. The van der Waals surface area contributed by atoms with Gasteiger partial charge in [0.15, 0.2) is 0 Å². The Morgan fingerprint density at radius 3 is 2.33 bits per heavy atom. The molecule has 0 saturated carbocycles. The molecular formula is C6H2BrF3IN. The first-order valence-electron chi connectivity index (χ1n) is 2.80. The molecule has 0 radical (unpaired) electrons. The molecule has 0 aromatic carbocycles. The van der Waals surface area contributed by atoms with Crippen LogP contribution in [0.1, 0.15) is 5.69 Å². The largest absolute Gasteiger partial charge is 0.433 e. The molecule has 0 unspecified atom stereocenters. The van der Waals surface area contributed by atoms with Gasteiger partial charge in [-0.2, -0.15) is 13.2 Å². The van der Waals surface area contributed by atoms with E-state index in [1.54, 1.807) is 0 Å². The van der Waals surface area contributed by atoms with Crippen molar-refractivity contribution in [2.24, 2.45) is 0 Å². The normalized spacial score (nSPS) is 11.8. The van der Waals surface area contributed by atoms with E-state index < -0.39 is 11.9 Å². The van der Waals surface area contributed by atoms with E-state index in [-0.39, 0.29) is 4.60 Å². The van der Waals surface area contributed by atoms with Crippen molar-refractivity contribution in [3.05, 3.63) is 26.0 Å². The van der Waals surface area contributed by atoms with Crippen LogP contribution in [0.3, 0.4) is 0 Å². The van der Waals surface area contributed by atoms with Gasteiger partial charge in [0.05, 0.1) is 0 Å². The van der Waals surface area contributed by atoms with Crippen LogP contribution < -0.4 is 0 Å². The fourth-order valence-corrected chi connectivity index (χ4v) is 1.20. The molecule has 0 aliphatic rings. The van der Waals surface area contributed by atoms with Crippen LogP contribution in [-0.4, -0.2) is 4.98 Å². The van der Waals surface area contributed by atoms with E-state index in [1.807, 2.05) is 22.6 Å². The lowest BCUT2D eigenvalue weighted by Crippen LogP contribution is -2.08. The highest BCUT2D eigenvalue weighted by Gasteiger charge is 2.32.